The van der Waals surface area contributed by atoms with Crippen molar-refractivity contribution < 1.29 is 19.8 Å². The molecule has 1 rings (SSSR count). The van der Waals surface area contributed by atoms with Gasteiger partial charge in [0.25, 0.3) is 0 Å². The van der Waals surface area contributed by atoms with Gasteiger partial charge < -0.3 is 20.0 Å². The van der Waals surface area contributed by atoms with Gasteiger partial charge >= 0.3 is 11.9 Å². The first-order valence-corrected chi connectivity index (χ1v) is 8.77. The number of carboxylic acids is 2. The molecule has 0 amide bonds. The number of rotatable bonds is 6. The molecule has 0 spiro atoms. The van der Waals surface area contributed by atoms with Crippen molar-refractivity contribution >= 4 is 11.9 Å². The summed E-state index contributed by atoms with van der Waals surface area (Å²) in [7, 11) is 0. The van der Waals surface area contributed by atoms with Crippen LogP contribution in [0.4, 0.5) is 0 Å². The average molecular weight is 344 g/mol. The molecule has 1 aliphatic rings. The van der Waals surface area contributed by atoms with E-state index in [-0.39, 0.29) is 13.1 Å². The van der Waals surface area contributed by atoms with E-state index in [9.17, 15) is 9.59 Å². The lowest BCUT2D eigenvalue weighted by molar-refractivity contribution is -0.139. The van der Waals surface area contributed by atoms with E-state index in [2.05, 4.69) is 23.6 Å². The summed E-state index contributed by atoms with van der Waals surface area (Å²) in [6.07, 6.45) is 0. The molecule has 8 nitrogen and oxygen atoms in total. The van der Waals surface area contributed by atoms with Crippen molar-refractivity contribution in [1.82, 2.24) is 19.6 Å². The van der Waals surface area contributed by atoms with E-state index >= 15 is 0 Å². The maximum Gasteiger partial charge on any atom is 0.317 e. The van der Waals surface area contributed by atoms with Gasteiger partial charge in [-0.2, -0.15) is 0 Å². The molecule has 1 heterocycles. The lowest BCUT2D eigenvalue weighted by Crippen LogP contribution is -2.47. The zero-order valence-electron chi connectivity index (χ0n) is 15.0. The van der Waals surface area contributed by atoms with Gasteiger partial charge in [0.2, 0.25) is 0 Å². The molecule has 2 N–H and O–H groups in total. The first kappa shape index (κ1) is 20.8. The van der Waals surface area contributed by atoms with Crippen molar-refractivity contribution in [3.63, 3.8) is 0 Å². The summed E-state index contributed by atoms with van der Waals surface area (Å²) in [5.74, 6) is -1.58. The molecule has 140 valence electrons. The number of carboxylic acid groups (broad SMARTS) is 2. The second-order valence-corrected chi connectivity index (χ2v) is 6.21. The number of nitrogens with zero attached hydrogens (tertiary/aromatic N) is 4. The molecule has 0 unspecified atom stereocenters. The monoisotopic (exact) mass is 344 g/mol. The lowest BCUT2D eigenvalue weighted by atomic mass is 10.3. The normalized spacial score (nSPS) is 21.1. The molecule has 1 fully saturated rings. The molecule has 1 saturated heterocycles. The largest absolute Gasteiger partial charge is 0.480 e. The molecule has 0 aromatic carbocycles. The predicted molar refractivity (Wildman–Crippen MR) is 92.4 cm³/mol. The summed E-state index contributed by atoms with van der Waals surface area (Å²) >= 11 is 0. The predicted octanol–water partition coefficient (Wildman–Crippen LogP) is -0.583. The summed E-state index contributed by atoms with van der Waals surface area (Å²) in [6.45, 7) is 12.1. The molecule has 0 aromatic heterocycles. The number of likely N-dealkylation sites (N-methyl/N-ethyl adjacent to an activating group) is 2. The van der Waals surface area contributed by atoms with E-state index < -0.39 is 11.9 Å². The quantitative estimate of drug-likeness (QED) is 0.662. The summed E-state index contributed by atoms with van der Waals surface area (Å²) in [6, 6.07) is 0. The Bertz CT molecular complexity index is 342. The molecule has 24 heavy (non-hydrogen) atoms. The summed E-state index contributed by atoms with van der Waals surface area (Å²) in [5.41, 5.74) is 0. The average Bonchev–Trinajstić information content (AvgIpc) is 2.51. The van der Waals surface area contributed by atoms with E-state index in [1.54, 1.807) is 0 Å². The van der Waals surface area contributed by atoms with Gasteiger partial charge in [-0.15, -0.1) is 0 Å². The zero-order chi connectivity index (χ0) is 17.9. The van der Waals surface area contributed by atoms with Crippen LogP contribution in [-0.4, -0.2) is 120 Å². The molecule has 0 radical (unpaired) electrons. The number of aliphatic carboxylic acids is 2. The fourth-order valence-corrected chi connectivity index (χ4v) is 2.91. The van der Waals surface area contributed by atoms with Crippen LogP contribution in [0.2, 0.25) is 0 Å². The van der Waals surface area contributed by atoms with Crippen LogP contribution in [0.5, 0.6) is 0 Å². The minimum absolute atomic E-state index is 0.0697. The Morgan fingerprint density at radius 2 is 0.875 bits per heavy atom. The molecule has 1 aliphatic heterocycles. The van der Waals surface area contributed by atoms with Gasteiger partial charge in [0.05, 0.1) is 13.1 Å². The summed E-state index contributed by atoms with van der Waals surface area (Å²) < 4.78 is 0. The van der Waals surface area contributed by atoms with Crippen LogP contribution in [-0.2, 0) is 9.59 Å². The number of hydrogen-bond donors (Lipinski definition) is 2. The third-order valence-electron chi connectivity index (χ3n) is 4.54. The van der Waals surface area contributed by atoms with Crippen LogP contribution in [0.3, 0.4) is 0 Å². The molecule has 0 aromatic rings. The van der Waals surface area contributed by atoms with Crippen molar-refractivity contribution in [2.75, 3.05) is 78.5 Å². The third-order valence-corrected chi connectivity index (χ3v) is 4.54. The zero-order valence-corrected chi connectivity index (χ0v) is 15.0. The minimum Gasteiger partial charge on any atom is -0.480 e. The van der Waals surface area contributed by atoms with Crippen molar-refractivity contribution in [2.45, 2.75) is 13.8 Å². The molecule has 8 heteroatoms. The second kappa shape index (κ2) is 11.4. The van der Waals surface area contributed by atoms with Crippen LogP contribution in [0.15, 0.2) is 0 Å². The first-order chi connectivity index (χ1) is 11.4. The second-order valence-electron chi connectivity index (χ2n) is 6.21. The van der Waals surface area contributed by atoms with Gasteiger partial charge in [0.1, 0.15) is 0 Å². The number of hydrogen-bond acceptors (Lipinski definition) is 6. The first-order valence-electron chi connectivity index (χ1n) is 8.77. The molecule has 0 atom stereocenters. The van der Waals surface area contributed by atoms with Gasteiger partial charge in [-0.3, -0.25) is 19.4 Å². The standard InChI is InChI=1S/C16H32N4O4/c1-3-17-5-9-19(13-15(21)22)11-7-18(4-2)8-12-20(10-6-17)14-16(23)24/h3-14H2,1-2H3,(H,21,22)(H,23,24). The van der Waals surface area contributed by atoms with E-state index in [0.29, 0.717) is 0 Å². The van der Waals surface area contributed by atoms with Crippen molar-refractivity contribution in [2.24, 2.45) is 0 Å². The van der Waals surface area contributed by atoms with E-state index in [4.69, 9.17) is 10.2 Å². The van der Waals surface area contributed by atoms with E-state index in [1.165, 1.54) is 0 Å². The van der Waals surface area contributed by atoms with E-state index in [1.807, 2.05) is 9.80 Å². The summed E-state index contributed by atoms with van der Waals surface area (Å²) in [4.78, 5) is 30.6. The highest BCUT2D eigenvalue weighted by Crippen LogP contribution is 2.00. The highest BCUT2D eigenvalue weighted by Gasteiger charge is 2.17. The lowest BCUT2D eigenvalue weighted by Gasteiger charge is -2.32. The van der Waals surface area contributed by atoms with Crippen LogP contribution in [0.1, 0.15) is 13.8 Å². The summed E-state index contributed by atoms with van der Waals surface area (Å²) in [5, 5.41) is 18.2. The van der Waals surface area contributed by atoms with Crippen LogP contribution < -0.4 is 0 Å². The maximum atomic E-state index is 11.1. The van der Waals surface area contributed by atoms with Gasteiger partial charge in [-0.05, 0) is 13.1 Å². The van der Waals surface area contributed by atoms with Gasteiger partial charge in [-0.25, -0.2) is 0 Å². The molecule has 0 aliphatic carbocycles. The van der Waals surface area contributed by atoms with E-state index in [0.717, 1.165) is 65.4 Å². The Kier molecular flexibility index (Phi) is 9.85. The molecular weight excluding hydrogens is 312 g/mol. The van der Waals surface area contributed by atoms with Crippen LogP contribution in [0, 0.1) is 0 Å². The fraction of sp³-hybridized carbons (Fsp3) is 0.875. The Labute approximate surface area is 144 Å². The molecule has 0 bridgehead atoms. The van der Waals surface area contributed by atoms with Crippen molar-refractivity contribution in [1.29, 1.82) is 0 Å². The maximum absolute atomic E-state index is 11.1. The minimum atomic E-state index is -0.791. The van der Waals surface area contributed by atoms with Crippen LogP contribution in [0.25, 0.3) is 0 Å². The molecule has 0 saturated carbocycles. The van der Waals surface area contributed by atoms with Gasteiger partial charge in [-0.1, -0.05) is 13.8 Å². The highest BCUT2D eigenvalue weighted by molar-refractivity contribution is 5.69. The molecular formula is C16H32N4O4. The number of carbonyl (C=O) groups is 2. The van der Waals surface area contributed by atoms with Crippen LogP contribution >= 0.6 is 0 Å². The Morgan fingerprint density at radius 3 is 1.08 bits per heavy atom. The smallest absolute Gasteiger partial charge is 0.317 e. The Morgan fingerprint density at radius 1 is 0.625 bits per heavy atom. The van der Waals surface area contributed by atoms with Gasteiger partial charge in [0, 0.05) is 52.4 Å². The third kappa shape index (κ3) is 8.58. The van der Waals surface area contributed by atoms with Crippen molar-refractivity contribution in [3.8, 4) is 0 Å². The fourth-order valence-electron chi connectivity index (χ4n) is 2.91. The topological polar surface area (TPSA) is 87.6 Å². The Balaban J connectivity index is 2.72. The Hall–Kier alpha value is -1.22. The van der Waals surface area contributed by atoms with Crippen molar-refractivity contribution in [3.05, 3.63) is 0 Å². The SMILES string of the molecule is CCN1CCN(CC(=O)O)CCN(CC)CCN(CC(=O)O)CC1. The highest BCUT2D eigenvalue weighted by atomic mass is 16.4. The van der Waals surface area contributed by atoms with Gasteiger partial charge in [0.15, 0.2) is 0 Å².